The van der Waals surface area contributed by atoms with E-state index in [9.17, 15) is 9.59 Å². The van der Waals surface area contributed by atoms with Gasteiger partial charge >= 0.3 is 0 Å². The molecule has 0 aromatic carbocycles. The van der Waals surface area contributed by atoms with Gasteiger partial charge in [0.25, 0.3) is 0 Å². The van der Waals surface area contributed by atoms with Crippen molar-refractivity contribution in [1.29, 1.82) is 0 Å². The summed E-state index contributed by atoms with van der Waals surface area (Å²) >= 11 is 0. The van der Waals surface area contributed by atoms with E-state index in [1.807, 2.05) is 13.1 Å². The van der Waals surface area contributed by atoms with E-state index in [0.717, 1.165) is 107 Å². The Kier molecular flexibility index (Phi) is 7.22. The number of aromatic nitrogens is 2. The first-order chi connectivity index (χ1) is 21.3. The summed E-state index contributed by atoms with van der Waals surface area (Å²) in [6.07, 6.45) is 13.3. The molecule has 2 N–H and O–H groups in total. The third kappa shape index (κ3) is 4.42. The Labute approximate surface area is 258 Å². The van der Waals surface area contributed by atoms with Crippen molar-refractivity contribution in [3.63, 3.8) is 0 Å². The second-order valence-electron chi connectivity index (χ2n) is 12.8. The van der Waals surface area contributed by atoms with Gasteiger partial charge in [0, 0.05) is 65.3 Å². The maximum absolute atomic E-state index is 13.6. The van der Waals surface area contributed by atoms with E-state index in [-0.39, 0.29) is 17.7 Å². The second kappa shape index (κ2) is 11.1. The standard InChI is InChI=1S/C37H41N5O2/c1-6-24-19(3)27-17-30-25(7-2)20(4)35(41-30)34(22-10-12-38-13-11-22)31-15-23(9-8-14-43)36(42-31)26-16-32(44)33-21(5)28(40-37(26)33)18-29(24)39-27/h12,14,17-18,23,36,39,41H,6-11,13,15-16H2,1-5H3/b27-17-,29-18-,34-22+. The molecule has 7 heteroatoms. The molecule has 0 saturated carbocycles. The van der Waals surface area contributed by atoms with Crippen molar-refractivity contribution in [3.8, 4) is 0 Å². The first kappa shape index (κ1) is 28.6. The fraction of sp³-hybridized carbons (Fsp3) is 0.432. The minimum Gasteiger partial charge on any atom is -0.355 e. The minimum atomic E-state index is -0.171. The molecule has 2 aromatic rings. The van der Waals surface area contributed by atoms with E-state index in [1.54, 1.807) is 0 Å². The van der Waals surface area contributed by atoms with Crippen molar-refractivity contribution in [2.24, 2.45) is 20.9 Å². The van der Waals surface area contributed by atoms with Crippen LogP contribution in [0.5, 0.6) is 0 Å². The van der Waals surface area contributed by atoms with Crippen LogP contribution in [0.15, 0.2) is 43.0 Å². The molecule has 0 radical (unpaired) electrons. The lowest BCUT2D eigenvalue weighted by atomic mass is 9.85. The molecule has 7 nitrogen and oxygen atoms in total. The molecule has 4 aliphatic heterocycles. The van der Waals surface area contributed by atoms with Crippen LogP contribution in [0.25, 0.3) is 17.7 Å². The summed E-state index contributed by atoms with van der Waals surface area (Å²) in [5.41, 5.74) is 15.4. The molecule has 7 rings (SSSR count). The van der Waals surface area contributed by atoms with E-state index < -0.39 is 0 Å². The van der Waals surface area contributed by atoms with E-state index in [2.05, 4.69) is 54.8 Å². The highest BCUT2D eigenvalue weighted by atomic mass is 16.1. The van der Waals surface area contributed by atoms with Gasteiger partial charge in [0.05, 0.1) is 23.1 Å². The summed E-state index contributed by atoms with van der Waals surface area (Å²) in [6.45, 7) is 11.6. The zero-order valence-corrected chi connectivity index (χ0v) is 26.5. The highest BCUT2D eigenvalue weighted by molar-refractivity contribution is 6.28. The number of aldehydes is 1. The van der Waals surface area contributed by atoms with Gasteiger partial charge in [0.15, 0.2) is 5.78 Å². The fourth-order valence-electron chi connectivity index (χ4n) is 8.12. The summed E-state index contributed by atoms with van der Waals surface area (Å²) in [5.74, 6) is 0.272. The third-order valence-electron chi connectivity index (χ3n) is 10.4. The van der Waals surface area contributed by atoms with Crippen LogP contribution in [0.4, 0.5) is 0 Å². The average molecular weight is 588 g/mol. The second-order valence-corrected chi connectivity index (χ2v) is 12.8. The molecule has 5 aliphatic rings. The number of nitrogens with one attached hydrogen (secondary N) is 2. The Morgan fingerprint density at radius 1 is 1.00 bits per heavy atom. The highest BCUT2D eigenvalue weighted by Crippen LogP contribution is 2.45. The van der Waals surface area contributed by atoms with Crippen LogP contribution < -0.4 is 10.7 Å². The predicted octanol–water partition coefficient (Wildman–Crippen LogP) is 5.13. The lowest BCUT2D eigenvalue weighted by molar-refractivity contribution is -0.114. The molecular formula is C37H41N5O2. The summed E-state index contributed by atoms with van der Waals surface area (Å²) < 4.78 is 0. The normalized spacial score (nSPS) is 25.7. The van der Waals surface area contributed by atoms with E-state index in [4.69, 9.17) is 9.98 Å². The number of carbonyl (C=O) groups is 2. The zero-order valence-electron chi connectivity index (χ0n) is 26.5. The number of aromatic amines is 2. The SMILES string of the molecule is CCc1c2[nH]c(c1C)/C(=C1\CC=NCC1)C1=NC(C3=C4N=C(/C=c5\[nH]/c(c(C)c5CC)=C\2)C(C)=C4C(=O)C3)C(CCC=O)C1. The quantitative estimate of drug-likeness (QED) is 0.474. The predicted molar refractivity (Wildman–Crippen MR) is 178 cm³/mol. The topological polar surface area (TPSA) is 103 Å². The van der Waals surface area contributed by atoms with Crippen LogP contribution in [0.3, 0.4) is 0 Å². The van der Waals surface area contributed by atoms with Gasteiger partial charge < -0.3 is 14.8 Å². The van der Waals surface area contributed by atoms with Crippen molar-refractivity contribution in [1.82, 2.24) is 9.97 Å². The Balaban J connectivity index is 1.57. The number of aliphatic imine (C=N–C) groups is 3. The number of hydrogen-bond donors (Lipinski definition) is 2. The van der Waals surface area contributed by atoms with Gasteiger partial charge in [-0.15, -0.1) is 0 Å². The number of allylic oxidation sites excluding steroid dienone is 3. The van der Waals surface area contributed by atoms with Crippen LogP contribution in [0.2, 0.25) is 0 Å². The molecule has 8 bridgehead atoms. The molecule has 0 fully saturated rings. The molecule has 0 saturated heterocycles. The van der Waals surface area contributed by atoms with Crippen LogP contribution in [0.1, 0.15) is 92.9 Å². The lowest BCUT2D eigenvalue weighted by Crippen LogP contribution is -2.18. The van der Waals surface area contributed by atoms with Gasteiger partial charge in [-0.25, -0.2) is 4.99 Å². The van der Waals surface area contributed by atoms with Gasteiger partial charge in [-0.2, -0.15) is 0 Å². The Bertz CT molecular complexity index is 1930. The molecule has 2 unspecified atom stereocenters. The summed E-state index contributed by atoms with van der Waals surface area (Å²) in [5, 5.41) is 2.14. The van der Waals surface area contributed by atoms with Crippen molar-refractivity contribution < 1.29 is 9.59 Å². The molecule has 0 amide bonds. The number of carbonyl (C=O) groups excluding carboxylic acids is 2. The molecular weight excluding hydrogens is 546 g/mol. The van der Waals surface area contributed by atoms with E-state index in [1.165, 1.54) is 33.4 Å². The highest BCUT2D eigenvalue weighted by Gasteiger charge is 2.42. The molecule has 1 aliphatic carbocycles. The Morgan fingerprint density at radius 2 is 1.82 bits per heavy atom. The molecule has 2 atom stereocenters. The fourth-order valence-corrected chi connectivity index (χ4v) is 8.12. The maximum Gasteiger partial charge on any atom is 0.169 e. The number of H-pyrrole nitrogens is 2. The van der Waals surface area contributed by atoms with Crippen molar-refractivity contribution in [3.05, 3.63) is 72.3 Å². The third-order valence-corrected chi connectivity index (χ3v) is 10.4. The van der Waals surface area contributed by atoms with Crippen molar-refractivity contribution in [2.75, 3.05) is 6.54 Å². The molecule has 6 heterocycles. The Hall–Kier alpha value is -4.13. The van der Waals surface area contributed by atoms with Gasteiger partial charge in [0.1, 0.15) is 6.29 Å². The number of ketones is 1. The van der Waals surface area contributed by atoms with Crippen LogP contribution in [-0.2, 0) is 22.4 Å². The zero-order chi connectivity index (χ0) is 30.7. The van der Waals surface area contributed by atoms with Crippen molar-refractivity contribution >= 4 is 47.4 Å². The number of Topliss-reactive ketones (excluding diaryl/α,β-unsaturated/α-hetero) is 1. The van der Waals surface area contributed by atoms with Gasteiger partial charge in [-0.3, -0.25) is 14.8 Å². The first-order valence-corrected chi connectivity index (χ1v) is 16.2. The Morgan fingerprint density at radius 3 is 2.55 bits per heavy atom. The molecule has 226 valence electrons. The number of hydrogen-bond acceptors (Lipinski definition) is 5. The summed E-state index contributed by atoms with van der Waals surface area (Å²) in [4.78, 5) is 47.9. The van der Waals surface area contributed by atoms with Gasteiger partial charge in [-0.05, 0) is 104 Å². The van der Waals surface area contributed by atoms with E-state index in [0.29, 0.717) is 12.8 Å². The lowest BCUT2D eigenvalue weighted by Gasteiger charge is -2.19. The van der Waals surface area contributed by atoms with Gasteiger partial charge in [0.2, 0.25) is 0 Å². The van der Waals surface area contributed by atoms with Crippen LogP contribution >= 0.6 is 0 Å². The van der Waals surface area contributed by atoms with Crippen molar-refractivity contribution in [2.45, 2.75) is 92.0 Å². The minimum absolute atomic E-state index is 0.130. The molecule has 2 aromatic heterocycles. The van der Waals surface area contributed by atoms with Gasteiger partial charge in [-0.1, -0.05) is 19.4 Å². The average Bonchev–Trinajstić information content (AvgIpc) is 3.80. The smallest absolute Gasteiger partial charge is 0.169 e. The monoisotopic (exact) mass is 587 g/mol. The number of rotatable bonds is 5. The molecule has 44 heavy (non-hydrogen) atoms. The summed E-state index contributed by atoms with van der Waals surface area (Å²) in [6, 6.07) is -0.171. The first-order valence-electron chi connectivity index (χ1n) is 16.2. The van der Waals surface area contributed by atoms with Crippen LogP contribution in [-0.4, -0.2) is 52.3 Å². The largest absolute Gasteiger partial charge is 0.355 e. The number of nitrogens with zero attached hydrogens (tertiary/aromatic N) is 3. The van der Waals surface area contributed by atoms with Crippen LogP contribution in [0, 0.1) is 19.8 Å². The maximum atomic E-state index is 13.6. The molecule has 0 spiro atoms. The number of fused-ring (bicyclic) bond motifs is 6. The summed E-state index contributed by atoms with van der Waals surface area (Å²) in [7, 11) is 0. The van der Waals surface area contributed by atoms with E-state index >= 15 is 0 Å².